The second kappa shape index (κ2) is 8.75. The molecule has 30 heavy (non-hydrogen) atoms. The van der Waals surface area contributed by atoms with Crippen molar-refractivity contribution in [2.45, 2.75) is 45.3 Å². The number of aromatic nitrogens is 2. The number of methoxy groups -OCH3 is 1. The Morgan fingerprint density at radius 3 is 2.80 bits per heavy atom. The summed E-state index contributed by atoms with van der Waals surface area (Å²) in [6, 6.07) is 5.70. The topological polar surface area (TPSA) is 80.4 Å². The molecule has 2 aromatic rings. The number of alkyl halides is 3. The third-order valence-electron chi connectivity index (χ3n) is 4.85. The highest BCUT2D eigenvalue weighted by atomic mass is 19.4. The molecule has 0 radical (unpaired) electrons. The molecular weight excluding hydrogens is 401 g/mol. The Balaban J connectivity index is 1.81. The van der Waals surface area contributed by atoms with Gasteiger partial charge in [-0.05, 0) is 31.5 Å². The molecule has 1 amide bonds. The average molecular weight is 422 g/mol. The fourth-order valence-electron chi connectivity index (χ4n) is 3.20. The molecule has 0 aliphatic carbocycles. The molecule has 1 aliphatic heterocycles. The summed E-state index contributed by atoms with van der Waals surface area (Å²) in [5.74, 6) is -0.711. The number of nitriles is 1. The van der Waals surface area contributed by atoms with Crippen molar-refractivity contribution in [2.75, 3.05) is 13.7 Å². The Morgan fingerprint density at radius 1 is 1.37 bits per heavy atom. The third kappa shape index (κ3) is 4.57. The van der Waals surface area contributed by atoms with E-state index >= 15 is 0 Å². The first-order valence-corrected chi connectivity index (χ1v) is 9.34. The molecule has 1 aromatic carbocycles. The highest BCUT2D eigenvalue weighted by molar-refractivity contribution is 5.97. The molecule has 1 unspecified atom stereocenters. The van der Waals surface area contributed by atoms with Gasteiger partial charge in [0.25, 0.3) is 5.91 Å². The molecule has 0 saturated carbocycles. The summed E-state index contributed by atoms with van der Waals surface area (Å²) in [5, 5.41) is 13.5. The fourth-order valence-corrected chi connectivity index (χ4v) is 3.20. The van der Waals surface area contributed by atoms with E-state index in [9.17, 15) is 18.0 Å². The Bertz CT molecular complexity index is 965. The van der Waals surface area contributed by atoms with Crippen LogP contribution in [0.4, 0.5) is 13.2 Å². The van der Waals surface area contributed by atoms with Gasteiger partial charge in [0.15, 0.2) is 6.10 Å². The van der Waals surface area contributed by atoms with Crippen molar-refractivity contribution in [2.24, 2.45) is 0 Å². The van der Waals surface area contributed by atoms with Crippen molar-refractivity contribution in [1.29, 1.82) is 5.26 Å². The molecule has 10 heteroatoms. The number of carbonyl (C=O) groups excluding carboxylic acids is 1. The zero-order chi connectivity index (χ0) is 21.9. The van der Waals surface area contributed by atoms with Gasteiger partial charge >= 0.3 is 6.18 Å². The van der Waals surface area contributed by atoms with E-state index in [1.54, 1.807) is 18.0 Å². The van der Waals surface area contributed by atoms with Crippen LogP contribution in [0.5, 0.6) is 5.75 Å². The number of carbonyl (C=O) groups is 1. The van der Waals surface area contributed by atoms with Crippen LogP contribution in [0, 0.1) is 11.3 Å². The molecule has 0 spiro atoms. The van der Waals surface area contributed by atoms with Crippen LogP contribution in [-0.2, 0) is 24.4 Å². The summed E-state index contributed by atoms with van der Waals surface area (Å²) in [6.45, 7) is 2.63. The van der Waals surface area contributed by atoms with Crippen LogP contribution < -0.4 is 4.74 Å². The largest absolute Gasteiger partial charge is 0.480 e. The van der Waals surface area contributed by atoms with E-state index in [0.717, 1.165) is 24.6 Å². The molecular formula is C20H21F3N4O3. The molecule has 3 rings (SSSR count). The van der Waals surface area contributed by atoms with Gasteiger partial charge in [0.05, 0.1) is 35.6 Å². The standard InChI is InChI=1S/C20H21F3N4O3/c1-13(20(21,22)23)30-18-5-4-14(9-24)8-16(18)19(28)26-11-15-10-25-27(17(15)12-26)6-3-7-29-2/h4-5,8,10,13H,3,6-7,11-12H2,1-2H3. The van der Waals surface area contributed by atoms with Crippen molar-refractivity contribution >= 4 is 5.91 Å². The molecule has 0 N–H and O–H groups in total. The third-order valence-corrected chi connectivity index (χ3v) is 4.85. The lowest BCUT2D eigenvalue weighted by Crippen LogP contribution is -2.32. The SMILES string of the molecule is COCCCn1ncc2c1CN(C(=O)c1cc(C#N)ccc1OC(C)C(F)(F)F)C2. The number of amides is 1. The zero-order valence-electron chi connectivity index (χ0n) is 16.6. The van der Waals surface area contributed by atoms with Gasteiger partial charge in [-0.15, -0.1) is 0 Å². The second-order valence-electron chi connectivity index (χ2n) is 6.97. The predicted octanol–water partition coefficient (Wildman–Crippen LogP) is 3.28. The lowest BCUT2D eigenvalue weighted by atomic mass is 10.1. The van der Waals surface area contributed by atoms with Crippen LogP contribution in [0.3, 0.4) is 0 Å². The van der Waals surface area contributed by atoms with Gasteiger partial charge < -0.3 is 14.4 Å². The normalized spacial score (nSPS) is 14.3. The lowest BCUT2D eigenvalue weighted by Gasteiger charge is -2.22. The minimum absolute atomic E-state index is 0.0748. The molecule has 0 saturated heterocycles. The van der Waals surface area contributed by atoms with E-state index in [2.05, 4.69) is 5.10 Å². The predicted molar refractivity (Wildman–Crippen MR) is 99.6 cm³/mol. The first kappa shape index (κ1) is 21.6. The number of halogens is 3. The van der Waals surface area contributed by atoms with Gasteiger partial charge in [-0.25, -0.2) is 0 Å². The molecule has 0 fully saturated rings. The van der Waals surface area contributed by atoms with Crippen molar-refractivity contribution in [3.8, 4) is 11.8 Å². The van der Waals surface area contributed by atoms with Crippen molar-refractivity contribution in [3.63, 3.8) is 0 Å². The smallest absolute Gasteiger partial charge is 0.425 e. The van der Waals surface area contributed by atoms with E-state index in [1.165, 1.54) is 23.1 Å². The summed E-state index contributed by atoms with van der Waals surface area (Å²) in [6.07, 6.45) is -4.23. The van der Waals surface area contributed by atoms with E-state index in [0.29, 0.717) is 13.2 Å². The number of fused-ring (bicyclic) bond motifs is 1. The van der Waals surface area contributed by atoms with Crippen molar-refractivity contribution in [3.05, 3.63) is 46.8 Å². The summed E-state index contributed by atoms with van der Waals surface area (Å²) in [4.78, 5) is 14.6. The summed E-state index contributed by atoms with van der Waals surface area (Å²) < 4.78 is 50.7. The first-order valence-electron chi connectivity index (χ1n) is 9.34. The number of rotatable bonds is 7. The highest BCUT2D eigenvalue weighted by Gasteiger charge is 2.39. The Morgan fingerprint density at radius 2 is 2.13 bits per heavy atom. The Labute approximate surface area is 171 Å². The number of nitrogens with zero attached hydrogens (tertiary/aromatic N) is 4. The van der Waals surface area contributed by atoms with Gasteiger partial charge in [0.2, 0.25) is 0 Å². The second-order valence-corrected chi connectivity index (χ2v) is 6.97. The molecule has 1 aromatic heterocycles. The van der Waals surface area contributed by atoms with Gasteiger partial charge in [-0.2, -0.15) is 23.5 Å². The number of ether oxygens (including phenoxy) is 2. The fraction of sp³-hybridized carbons (Fsp3) is 0.450. The molecule has 1 atom stereocenters. The quantitative estimate of drug-likeness (QED) is 0.640. The summed E-state index contributed by atoms with van der Waals surface area (Å²) in [5.41, 5.74) is 1.84. The zero-order valence-corrected chi connectivity index (χ0v) is 16.6. The molecule has 7 nitrogen and oxygen atoms in total. The van der Waals surface area contributed by atoms with Crippen LogP contribution in [0.25, 0.3) is 0 Å². The molecule has 1 aliphatic rings. The monoisotopic (exact) mass is 422 g/mol. The number of hydrogen-bond acceptors (Lipinski definition) is 5. The molecule has 160 valence electrons. The van der Waals surface area contributed by atoms with Crippen LogP contribution >= 0.6 is 0 Å². The molecule has 2 heterocycles. The number of aryl methyl sites for hydroxylation is 1. The van der Waals surface area contributed by atoms with E-state index in [4.69, 9.17) is 14.7 Å². The van der Waals surface area contributed by atoms with Crippen LogP contribution in [-0.4, -0.2) is 46.6 Å². The maximum absolute atomic E-state index is 13.1. The number of hydrogen-bond donors (Lipinski definition) is 0. The van der Waals surface area contributed by atoms with E-state index < -0.39 is 18.2 Å². The summed E-state index contributed by atoms with van der Waals surface area (Å²) in [7, 11) is 1.61. The first-order chi connectivity index (χ1) is 14.2. The Kier molecular flexibility index (Phi) is 6.31. The number of benzene rings is 1. The van der Waals surface area contributed by atoms with Crippen LogP contribution in [0.15, 0.2) is 24.4 Å². The molecule has 0 bridgehead atoms. The average Bonchev–Trinajstić information content (AvgIpc) is 3.29. The van der Waals surface area contributed by atoms with Crippen LogP contribution in [0.2, 0.25) is 0 Å². The van der Waals surface area contributed by atoms with Crippen molar-refractivity contribution < 1.29 is 27.4 Å². The Hall–Kier alpha value is -3.06. The lowest BCUT2D eigenvalue weighted by molar-refractivity contribution is -0.189. The summed E-state index contributed by atoms with van der Waals surface area (Å²) >= 11 is 0. The van der Waals surface area contributed by atoms with E-state index in [1.807, 2.05) is 6.07 Å². The van der Waals surface area contributed by atoms with Gasteiger partial charge in [0.1, 0.15) is 5.75 Å². The highest BCUT2D eigenvalue weighted by Crippen LogP contribution is 2.31. The van der Waals surface area contributed by atoms with Crippen LogP contribution in [0.1, 0.15) is 40.5 Å². The van der Waals surface area contributed by atoms with Gasteiger partial charge in [0, 0.05) is 32.4 Å². The van der Waals surface area contributed by atoms with Gasteiger partial charge in [-0.3, -0.25) is 9.48 Å². The maximum atomic E-state index is 13.1. The van der Waals surface area contributed by atoms with Crippen molar-refractivity contribution in [1.82, 2.24) is 14.7 Å². The maximum Gasteiger partial charge on any atom is 0.425 e. The van der Waals surface area contributed by atoms with E-state index in [-0.39, 0.29) is 30.0 Å². The van der Waals surface area contributed by atoms with Gasteiger partial charge in [-0.1, -0.05) is 0 Å². The minimum atomic E-state index is -4.58. The minimum Gasteiger partial charge on any atom is -0.480 e.